The lowest BCUT2D eigenvalue weighted by Gasteiger charge is -2.17. The molecule has 1 aromatic heterocycles. The zero-order valence-electron chi connectivity index (χ0n) is 17.8. The molecule has 164 valence electrons. The second-order valence-corrected chi connectivity index (χ2v) is 7.99. The maximum atomic E-state index is 13.3. The molecule has 1 aliphatic rings. The van der Waals surface area contributed by atoms with E-state index in [0.29, 0.717) is 29.5 Å². The predicted molar refractivity (Wildman–Crippen MR) is 118 cm³/mol. The van der Waals surface area contributed by atoms with Crippen molar-refractivity contribution in [1.29, 1.82) is 0 Å². The zero-order chi connectivity index (χ0) is 21.8. The van der Waals surface area contributed by atoms with Gasteiger partial charge in [-0.05, 0) is 49.2 Å². The van der Waals surface area contributed by atoms with E-state index in [9.17, 15) is 4.39 Å². The van der Waals surface area contributed by atoms with Crippen LogP contribution in [0.5, 0.6) is 17.2 Å². The quantitative estimate of drug-likeness (QED) is 0.526. The van der Waals surface area contributed by atoms with Crippen LogP contribution in [-0.2, 0) is 11.3 Å². The van der Waals surface area contributed by atoms with Crippen molar-refractivity contribution in [3.8, 4) is 28.5 Å². The minimum atomic E-state index is -0.282. The molecule has 1 aliphatic heterocycles. The number of ether oxygens (including phenoxy) is 4. The Labute approximate surface area is 184 Å². The van der Waals surface area contributed by atoms with E-state index >= 15 is 0 Å². The Kier molecular flexibility index (Phi) is 6.58. The van der Waals surface area contributed by atoms with Crippen LogP contribution in [0, 0.1) is 5.82 Å². The molecule has 2 aromatic carbocycles. The lowest BCUT2D eigenvalue weighted by atomic mass is 10.1. The van der Waals surface area contributed by atoms with Crippen LogP contribution in [0.25, 0.3) is 11.3 Å². The van der Waals surface area contributed by atoms with Gasteiger partial charge in [-0.3, -0.25) is 0 Å². The third-order valence-corrected chi connectivity index (χ3v) is 6.08. The molecule has 8 heteroatoms. The van der Waals surface area contributed by atoms with Crippen molar-refractivity contribution < 1.29 is 23.3 Å². The van der Waals surface area contributed by atoms with Gasteiger partial charge in [0.1, 0.15) is 5.82 Å². The molecule has 1 unspecified atom stereocenters. The molecule has 4 rings (SSSR count). The average molecular weight is 445 g/mol. The number of benzene rings is 2. The molecular formula is C23H25FN2O4S. The van der Waals surface area contributed by atoms with Crippen LogP contribution >= 0.6 is 11.3 Å². The smallest absolute Gasteiger partial charge is 0.203 e. The van der Waals surface area contributed by atoms with Crippen molar-refractivity contribution in [2.45, 2.75) is 25.5 Å². The maximum Gasteiger partial charge on any atom is 0.203 e. The molecule has 6 nitrogen and oxygen atoms in total. The fourth-order valence-electron chi connectivity index (χ4n) is 3.67. The first-order valence-electron chi connectivity index (χ1n) is 10.0. The van der Waals surface area contributed by atoms with Crippen LogP contribution in [0.3, 0.4) is 0 Å². The van der Waals surface area contributed by atoms with E-state index in [4.69, 9.17) is 23.9 Å². The summed E-state index contributed by atoms with van der Waals surface area (Å²) in [7, 11) is 4.79. The molecule has 0 radical (unpaired) electrons. The highest BCUT2D eigenvalue weighted by Gasteiger charge is 2.21. The Morgan fingerprint density at radius 2 is 1.81 bits per heavy atom. The normalized spacial score (nSPS) is 16.5. The summed E-state index contributed by atoms with van der Waals surface area (Å²) < 4.78 is 37.9. The summed E-state index contributed by atoms with van der Waals surface area (Å²) in [4.78, 5) is 5.57. The topological polar surface area (TPSA) is 54.2 Å². The summed E-state index contributed by atoms with van der Waals surface area (Å²) in [5.74, 6) is 1.44. The van der Waals surface area contributed by atoms with Crippen molar-refractivity contribution in [1.82, 2.24) is 4.57 Å². The van der Waals surface area contributed by atoms with Crippen molar-refractivity contribution in [2.75, 3.05) is 27.9 Å². The Balaban J connectivity index is 1.84. The maximum absolute atomic E-state index is 13.3. The fraction of sp³-hybridized carbons (Fsp3) is 0.348. The number of aromatic nitrogens is 1. The van der Waals surface area contributed by atoms with Crippen molar-refractivity contribution in [2.24, 2.45) is 4.99 Å². The zero-order valence-corrected chi connectivity index (χ0v) is 18.6. The Hall–Kier alpha value is -2.84. The van der Waals surface area contributed by atoms with Gasteiger partial charge in [-0.25, -0.2) is 9.38 Å². The summed E-state index contributed by atoms with van der Waals surface area (Å²) in [6, 6.07) is 10.0. The summed E-state index contributed by atoms with van der Waals surface area (Å²) >= 11 is 1.52. The van der Waals surface area contributed by atoms with Gasteiger partial charge < -0.3 is 23.5 Å². The molecular weight excluding hydrogens is 419 g/mol. The Morgan fingerprint density at radius 1 is 1.10 bits per heavy atom. The second kappa shape index (κ2) is 9.53. The van der Waals surface area contributed by atoms with Gasteiger partial charge in [0.05, 0.1) is 45.4 Å². The summed E-state index contributed by atoms with van der Waals surface area (Å²) in [6.45, 7) is 1.45. The molecule has 0 aliphatic carbocycles. The number of thiazole rings is 1. The molecule has 31 heavy (non-hydrogen) atoms. The van der Waals surface area contributed by atoms with Crippen LogP contribution < -0.4 is 19.0 Å². The van der Waals surface area contributed by atoms with Crippen LogP contribution in [0.1, 0.15) is 12.8 Å². The van der Waals surface area contributed by atoms with Gasteiger partial charge in [-0.15, -0.1) is 11.3 Å². The lowest BCUT2D eigenvalue weighted by molar-refractivity contribution is 0.0968. The molecule has 0 N–H and O–H groups in total. The van der Waals surface area contributed by atoms with E-state index in [1.54, 1.807) is 33.5 Å². The first kappa shape index (κ1) is 21.4. The fourth-order valence-corrected chi connectivity index (χ4v) is 4.61. The van der Waals surface area contributed by atoms with E-state index < -0.39 is 0 Å². The molecule has 0 saturated carbocycles. The Bertz CT molecular complexity index is 1080. The van der Waals surface area contributed by atoms with Gasteiger partial charge in [0.15, 0.2) is 16.3 Å². The number of nitrogens with zero attached hydrogens (tertiary/aromatic N) is 2. The van der Waals surface area contributed by atoms with Crippen molar-refractivity contribution in [3.63, 3.8) is 0 Å². The van der Waals surface area contributed by atoms with Crippen LogP contribution in [0.2, 0.25) is 0 Å². The van der Waals surface area contributed by atoms with Crippen LogP contribution in [0.15, 0.2) is 46.8 Å². The molecule has 2 heterocycles. The standard InChI is InChI=1S/C23H25FN2O4S/c1-27-20-11-15(12-21(28-2)22(20)29-3)19-14-31-23(25-17-8-6-16(24)7-9-17)26(19)13-18-5-4-10-30-18/h6-9,11-12,14,18H,4-5,10,13H2,1-3H3. The highest BCUT2D eigenvalue weighted by Crippen LogP contribution is 2.41. The van der Waals surface area contributed by atoms with Gasteiger partial charge in [0, 0.05) is 17.6 Å². The van der Waals surface area contributed by atoms with Gasteiger partial charge >= 0.3 is 0 Å². The van der Waals surface area contributed by atoms with Crippen LogP contribution in [0.4, 0.5) is 10.1 Å². The molecule has 0 spiro atoms. The van der Waals surface area contributed by atoms with E-state index in [0.717, 1.165) is 35.5 Å². The minimum absolute atomic E-state index is 0.127. The molecule has 0 amide bonds. The minimum Gasteiger partial charge on any atom is -0.493 e. The number of rotatable bonds is 7. The summed E-state index contributed by atoms with van der Waals surface area (Å²) in [6.07, 6.45) is 2.19. The second-order valence-electron chi connectivity index (χ2n) is 7.15. The average Bonchev–Trinajstić information content (AvgIpc) is 3.45. The van der Waals surface area contributed by atoms with Gasteiger partial charge in [-0.2, -0.15) is 0 Å². The highest BCUT2D eigenvalue weighted by molar-refractivity contribution is 7.07. The molecule has 1 saturated heterocycles. The monoisotopic (exact) mass is 444 g/mol. The highest BCUT2D eigenvalue weighted by atomic mass is 32.1. The SMILES string of the molecule is COc1cc(-c2csc(=Nc3ccc(F)cc3)n2CC2CCCO2)cc(OC)c1OC. The molecule has 0 bridgehead atoms. The molecule has 3 aromatic rings. The third-order valence-electron chi connectivity index (χ3n) is 5.22. The van der Waals surface area contributed by atoms with Crippen molar-refractivity contribution in [3.05, 3.63) is 52.4 Å². The Morgan fingerprint density at radius 3 is 2.39 bits per heavy atom. The first-order valence-corrected chi connectivity index (χ1v) is 10.9. The van der Waals surface area contributed by atoms with E-state index in [1.807, 2.05) is 12.1 Å². The molecule has 1 atom stereocenters. The first-order chi connectivity index (χ1) is 15.1. The van der Waals surface area contributed by atoms with Crippen molar-refractivity contribution >= 4 is 17.0 Å². The molecule has 1 fully saturated rings. The summed E-state index contributed by atoms with van der Waals surface area (Å²) in [5.41, 5.74) is 2.59. The van der Waals surface area contributed by atoms with E-state index in [2.05, 4.69) is 9.95 Å². The van der Waals surface area contributed by atoms with Crippen LogP contribution in [-0.4, -0.2) is 38.6 Å². The largest absolute Gasteiger partial charge is 0.493 e. The number of methoxy groups -OCH3 is 3. The lowest BCUT2D eigenvalue weighted by Crippen LogP contribution is -2.24. The third kappa shape index (κ3) is 4.60. The van der Waals surface area contributed by atoms with Gasteiger partial charge in [-0.1, -0.05) is 0 Å². The van der Waals surface area contributed by atoms with E-state index in [-0.39, 0.29) is 11.9 Å². The number of halogens is 1. The van der Waals surface area contributed by atoms with E-state index in [1.165, 1.54) is 23.5 Å². The number of hydrogen-bond donors (Lipinski definition) is 0. The predicted octanol–water partition coefficient (Wildman–Crippen LogP) is 4.79. The number of hydrogen-bond acceptors (Lipinski definition) is 6. The van der Waals surface area contributed by atoms with Gasteiger partial charge in [0.2, 0.25) is 5.75 Å². The summed E-state index contributed by atoms with van der Waals surface area (Å²) in [5, 5.41) is 2.05. The van der Waals surface area contributed by atoms with Gasteiger partial charge in [0.25, 0.3) is 0 Å².